The molecular formula is C19H20N2O4S. The summed E-state index contributed by atoms with van der Waals surface area (Å²) in [6.07, 6.45) is -0.0662. The molecular weight excluding hydrogens is 352 g/mol. The van der Waals surface area contributed by atoms with E-state index in [1.165, 1.54) is 0 Å². The van der Waals surface area contributed by atoms with Crippen LogP contribution < -0.4 is 4.72 Å². The van der Waals surface area contributed by atoms with Crippen molar-refractivity contribution in [2.24, 2.45) is 0 Å². The Morgan fingerprint density at radius 1 is 1.12 bits per heavy atom. The van der Waals surface area contributed by atoms with E-state index >= 15 is 0 Å². The first-order chi connectivity index (χ1) is 12.2. The average molecular weight is 372 g/mol. The van der Waals surface area contributed by atoms with Crippen molar-refractivity contribution in [3.8, 4) is 6.07 Å². The normalized spacial score (nSPS) is 11.1. The first-order valence-electron chi connectivity index (χ1n) is 7.97. The van der Waals surface area contributed by atoms with E-state index in [4.69, 9.17) is 10.4 Å². The smallest absolute Gasteiger partial charge is 0.307 e. The number of nitriles is 1. The SMILES string of the molecule is Cc1cc(C#N)cc(C)c1CS(=O)(=O)NCc1ccc(CC(=O)O)cc1. The number of hydrogen-bond acceptors (Lipinski definition) is 4. The molecule has 0 amide bonds. The molecule has 0 aliphatic carbocycles. The fraction of sp³-hybridized carbons (Fsp3) is 0.263. The zero-order chi connectivity index (χ0) is 19.3. The molecule has 0 unspecified atom stereocenters. The summed E-state index contributed by atoms with van der Waals surface area (Å²) in [5.74, 6) is -1.07. The molecule has 0 bridgehead atoms. The van der Waals surface area contributed by atoms with Gasteiger partial charge in [0.25, 0.3) is 0 Å². The number of nitrogens with one attached hydrogen (secondary N) is 1. The molecule has 0 aromatic heterocycles. The van der Waals surface area contributed by atoms with Crippen LogP contribution in [0, 0.1) is 25.2 Å². The molecule has 0 spiro atoms. The maximum atomic E-state index is 12.4. The highest BCUT2D eigenvalue weighted by atomic mass is 32.2. The number of nitrogens with zero attached hydrogens (tertiary/aromatic N) is 1. The summed E-state index contributed by atoms with van der Waals surface area (Å²) in [4.78, 5) is 10.7. The number of benzene rings is 2. The van der Waals surface area contributed by atoms with Gasteiger partial charge in [-0.2, -0.15) is 5.26 Å². The summed E-state index contributed by atoms with van der Waals surface area (Å²) in [5, 5.41) is 17.7. The summed E-state index contributed by atoms with van der Waals surface area (Å²) in [6.45, 7) is 3.71. The summed E-state index contributed by atoms with van der Waals surface area (Å²) < 4.78 is 27.3. The van der Waals surface area contributed by atoms with E-state index in [0.717, 1.165) is 16.7 Å². The topological polar surface area (TPSA) is 107 Å². The van der Waals surface area contributed by atoms with Crippen LogP contribution in [0.25, 0.3) is 0 Å². The van der Waals surface area contributed by atoms with Crippen LogP contribution in [0.2, 0.25) is 0 Å². The predicted molar refractivity (Wildman–Crippen MR) is 97.9 cm³/mol. The highest BCUT2D eigenvalue weighted by Crippen LogP contribution is 2.19. The third kappa shape index (κ3) is 5.41. The van der Waals surface area contributed by atoms with Crippen LogP contribution in [0.1, 0.15) is 33.4 Å². The molecule has 2 aromatic carbocycles. The van der Waals surface area contributed by atoms with Gasteiger partial charge in [0, 0.05) is 6.54 Å². The fourth-order valence-electron chi connectivity index (χ4n) is 2.67. The van der Waals surface area contributed by atoms with E-state index in [0.29, 0.717) is 16.7 Å². The van der Waals surface area contributed by atoms with Crippen LogP contribution in [-0.2, 0) is 33.5 Å². The van der Waals surface area contributed by atoms with Gasteiger partial charge < -0.3 is 5.11 Å². The molecule has 6 nitrogen and oxygen atoms in total. The molecule has 0 aliphatic heterocycles. The van der Waals surface area contributed by atoms with Gasteiger partial charge in [0.1, 0.15) is 0 Å². The Labute approximate surface area is 153 Å². The van der Waals surface area contributed by atoms with Crippen molar-refractivity contribution in [1.29, 1.82) is 5.26 Å². The van der Waals surface area contributed by atoms with Crippen LogP contribution in [0.3, 0.4) is 0 Å². The van der Waals surface area contributed by atoms with Gasteiger partial charge in [-0.1, -0.05) is 24.3 Å². The van der Waals surface area contributed by atoms with Gasteiger partial charge in [-0.25, -0.2) is 13.1 Å². The number of aliphatic carboxylic acids is 1. The van der Waals surface area contributed by atoms with E-state index < -0.39 is 16.0 Å². The zero-order valence-corrected chi connectivity index (χ0v) is 15.4. The number of carboxylic acid groups (broad SMARTS) is 1. The third-order valence-electron chi connectivity index (χ3n) is 4.03. The molecule has 0 heterocycles. The maximum Gasteiger partial charge on any atom is 0.307 e. The quantitative estimate of drug-likeness (QED) is 0.776. The molecule has 0 saturated heterocycles. The van der Waals surface area contributed by atoms with Crippen LogP contribution in [0.5, 0.6) is 0 Å². The maximum absolute atomic E-state index is 12.4. The number of carbonyl (C=O) groups is 1. The minimum Gasteiger partial charge on any atom is -0.481 e. The van der Waals surface area contributed by atoms with Crippen molar-refractivity contribution in [2.75, 3.05) is 0 Å². The molecule has 0 radical (unpaired) electrons. The summed E-state index contributed by atoms with van der Waals surface area (Å²) in [5.41, 5.74) is 4.14. The molecule has 136 valence electrons. The summed E-state index contributed by atoms with van der Waals surface area (Å²) in [6, 6.07) is 12.2. The van der Waals surface area contributed by atoms with Gasteiger partial charge in [0.05, 0.1) is 23.8 Å². The third-order valence-corrected chi connectivity index (χ3v) is 5.29. The number of sulfonamides is 1. The monoisotopic (exact) mass is 372 g/mol. The van der Waals surface area contributed by atoms with Gasteiger partial charge in [-0.05, 0) is 53.8 Å². The van der Waals surface area contributed by atoms with E-state index in [1.54, 1.807) is 50.2 Å². The first kappa shape index (κ1) is 19.6. The molecule has 0 aliphatic rings. The number of carboxylic acids is 1. The molecule has 7 heteroatoms. The molecule has 2 rings (SSSR count). The largest absolute Gasteiger partial charge is 0.481 e. The first-order valence-corrected chi connectivity index (χ1v) is 9.62. The lowest BCUT2D eigenvalue weighted by molar-refractivity contribution is -0.136. The van der Waals surface area contributed by atoms with Crippen LogP contribution in [0.15, 0.2) is 36.4 Å². The second-order valence-corrected chi connectivity index (χ2v) is 7.97. The lowest BCUT2D eigenvalue weighted by Crippen LogP contribution is -2.25. The predicted octanol–water partition coefficient (Wildman–Crippen LogP) is 2.42. The van der Waals surface area contributed by atoms with E-state index in [9.17, 15) is 13.2 Å². The van der Waals surface area contributed by atoms with Gasteiger partial charge in [0.15, 0.2) is 0 Å². The minimum atomic E-state index is -3.55. The van der Waals surface area contributed by atoms with Crippen molar-refractivity contribution < 1.29 is 18.3 Å². The molecule has 2 aromatic rings. The highest BCUT2D eigenvalue weighted by molar-refractivity contribution is 7.88. The molecule has 26 heavy (non-hydrogen) atoms. The lowest BCUT2D eigenvalue weighted by atomic mass is 10.0. The Hall–Kier alpha value is -2.69. The van der Waals surface area contributed by atoms with E-state index in [2.05, 4.69) is 10.8 Å². The molecule has 2 N–H and O–H groups in total. The minimum absolute atomic E-state index is 0.0662. The molecule has 0 saturated carbocycles. The molecule has 0 atom stereocenters. The Bertz CT molecular complexity index is 935. The fourth-order valence-corrected chi connectivity index (χ4v) is 3.99. The van der Waals surface area contributed by atoms with Crippen molar-refractivity contribution >= 4 is 16.0 Å². The Balaban J connectivity index is 2.06. The second kappa shape index (κ2) is 8.13. The Morgan fingerprint density at radius 3 is 2.15 bits per heavy atom. The van der Waals surface area contributed by atoms with Gasteiger partial charge in [-0.15, -0.1) is 0 Å². The average Bonchev–Trinajstić information content (AvgIpc) is 2.57. The van der Waals surface area contributed by atoms with Crippen LogP contribution >= 0.6 is 0 Å². The van der Waals surface area contributed by atoms with Crippen molar-refractivity contribution in [3.63, 3.8) is 0 Å². The lowest BCUT2D eigenvalue weighted by Gasteiger charge is -2.12. The number of rotatable bonds is 7. The number of aryl methyl sites for hydroxylation is 2. The second-order valence-electron chi connectivity index (χ2n) is 6.17. The van der Waals surface area contributed by atoms with E-state index in [-0.39, 0.29) is 18.7 Å². The summed E-state index contributed by atoms with van der Waals surface area (Å²) in [7, 11) is -3.55. The summed E-state index contributed by atoms with van der Waals surface area (Å²) >= 11 is 0. The van der Waals surface area contributed by atoms with Gasteiger partial charge in [-0.3, -0.25) is 4.79 Å². The Morgan fingerprint density at radius 2 is 1.65 bits per heavy atom. The zero-order valence-electron chi connectivity index (χ0n) is 14.6. The van der Waals surface area contributed by atoms with Crippen LogP contribution in [0.4, 0.5) is 0 Å². The van der Waals surface area contributed by atoms with Gasteiger partial charge >= 0.3 is 5.97 Å². The van der Waals surface area contributed by atoms with Crippen molar-refractivity contribution in [1.82, 2.24) is 4.72 Å². The van der Waals surface area contributed by atoms with Crippen molar-refractivity contribution in [3.05, 3.63) is 69.8 Å². The Kier molecular flexibility index (Phi) is 6.14. The van der Waals surface area contributed by atoms with Crippen molar-refractivity contribution in [2.45, 2.75) is 32.6 Å². The number of hydrogen-bond donors (Lipinski definition) is 2. The van der Waals surface area contributed by atoms with Crippen LogP contribution in [-0.4, -0.2) is 19.5 Å². The molecule has 0 fully saturated rings. The standard InChI is InChI=1S/C19H20N2O4S/c1-13-7-17(10-20)8-14(2)18(13)12-26(24,25)21-11-16-5-3-15(4-6-16)9-19(22)23/h3-8,21H,9,11-12H2,1-2H3,(H,22,23). The van der Waals surface area contributed by atoms with Gasteiger partial charge in [0.2, 0.25) is 10.0 Å². The highest BCUT2D eigenvalue weighted by Gasteiger charge is 2.15. The van der Waals surface area contributed by atoms with E-state index in [1.807, 2.05) is 0 Å².